The van der Waals surface area contributed by atoms with Crippen molar-refractivity contribution >= 4 is 0 Å². The molecule has 2 atom stereocenters. The number of alkyl halides is 3. The molecule has 2 aromatic rings. The smallest absolute Gasteiger partial charge is 0.308 e. The van der Waals surface area contributed by atoms with Gasteiger partial charge in [0.15, 0.2) is 0 Å². The van der Waals surface area contributed by atoms with Crippen molar-refractivity contribution in [3.63, 3.8) is 0 Å². The van der Waals surface area contributed by atoms with Crippen molar-refractivity contribution in [2.75, 3.05) is 6.54 Å². The molecule has 8 heteroatoms. The van der Waals surface area contributed by atoms with Gasteiger partial charge in [-0.05, 0) is 31.5 Å². The SMILES string of the molecule is CC(c1ccc(F)cc1C(F)(F)F)n1nnc2c1CCN[C@H]2C. The number of aromatic nitrogens is 3. The van der Waals surface area contributed by atoms with E-state index in [4.69, 9.17) is 0 Å². The molecular formula is C15H16F4N4. The van der Waals surface area contributed by atoms with Crippen LogP contribution in [0, 0.1) is 5.82 Å². The van der Waals surface area contributed by atoms with Gasteiger partial charge >= 0.3 is 6.18 Å². The Labute approximate surface area is 130 Å². The molecule has 0 aliphatic carbocycles. The van der Waals surface area contributed by atoms with Gasteiger partial charge in [-0.25, -0.2) is 9.07 Å². The lowest BCUT2D eigenvalue weighted by Crippen LogP contribution is -2.29. The van der Waals surface area contributed by atoms with Crippen molar-refractivity contribution in [2.24, 2.45) is 0 Å². The van der Waals surface area contributed by atoms with E-state index in [9.17, 15) is 17.6 Å². The van der Waals surface area contributed by atoms with Crippen LogP contribution < -0.4 is 5.32 Å². The van der Waals surface area contributed by atoms with Gasteiger partial charge in [0.05, 0.1) is 23.3 Å². The summed E-state index contributed by atoms with van der Waals surface area (Å²) in [6.45, 7) is 4.26. The molecule has 1 aliphatic heterocycles. The number of fused-ring (bicyclic) bond motifs is 1. The normalized spacial score (nSPS) is 19.5. The van der Waals surface area contributed by atoms with Crippen LogP contribution in [0.2, 0.25) is 0 Å². The largest absolute Gasteiger partial charge is 0.416 e. The first-order chi connectivity index (χ1) is 10.8. The van der Waals surface area contributed by atoms with Gasteiger partial charge in [-0.15, -0.1) is 5.10 Å². The number of hydrogen-bond acceptors (Lipinski definition) is 3. The second-order valence-electron chi connectivity index (χ2n) is 5.70. The highest BCUT2D eigenvalue weighted by Crippen LogP contribution is 2.36. The topological polar surface area (TPSA) is 42.7 Å². The van der Waals surface area contributed by atoms with E-state index in [2.05, 4.69) is 15.6 Å². The van der Waals surface area contributed by atoms with Crippen molar-refractivity contribution in [3.8, 4) is 0 Å². The number of hydrogen-bond donors (Lipinski definition) is 1. The summed E-state index contributed by atoms with van der Waals surface area (Å²) in [7, 11) is 0. The minimum atomic E-state index is -4.62. The standard InChI is InChI=1S/C15H16F4N4/c1-8-14-13(5-6-20-8)23(22-21-14)9(2)11-4-3-10(16)7-12(11)15(17,18)19/h3-4,7-9,20H,5-6H2,1-2H3/t8-,9?/m0/s1. The fourth-order valence-corrected chi connectivity index (χ4v) is 2.99. The van der Waals surface area contributed by atoms with Gasteiger partial charge in [-0.2, -0.15) is 13.2 Å². The molecule has 1 N–H and O–H groups in total. The minimum Gasteiger partial charge on any atom is -0.308 e. The molecule has 0 spiro atoms. The van der Waals surface area contributed by atoms with Crippen LogP contribution in [0.5, 0.6) is 0 Å². The quantitative estimate of drug-likeness (QED) is 0.861. The van der Waals surface area contributed by atoms with Crippen LogP contribution in [-0.2, 0) is 12.6 Å². The first kappa shape index (κ1) is 15.9. The molecule has 3 rings (SSSR count). The third-order valence-electron chi connectivity index (χ3n) is 4.18. The number of nitrogens with one attached hydrogen (secondary N) is 1. The van der Waals surface area contributed by atoms with E-state index < -0.39 is 23.6 Å². The van der Waals surface area contributed by atoms with Crippen LogP contribution in [0.4, 0.5) is 17.6 Å². The highest BCUT2D eigenvalue weighted by Gasteiger charge is 2.36. The summed E-state index contributed by atoms with van der Waals surface area (Å²) in [5, 5.41) is 11.4. The van der Waals surface area contributed by atoms with Gasteiger partial charge in [0.25, 0.3) is 0 Å². The van der Waals surface area contributed by atoms with E-state index in [0.717, 1.165) is 17.5 Å². The highest BCUT2D eigenvalue weighted by atomic mass is 19.4. The molecule has 23 heavy (non-hydrogen) atoms. The Morgan fingerprint density at radius 3 is 2.78 bits per heavy atom. The summed E-state index contributed by atoms with van der Waals surface area (Å²) in [6, 6.07) is 2.05. The number of nitrogens with zero attached hydrogens (tertiary/aromatic N) is 3. The summed E-state index contributed by atoms with van der Waals surface area (Å²) >= 11 is 0. The molecule has 4 nitrogen and oxygen atoms in total. The second-order valence-corrected chi connectivity index (χ2v) is 5.70. The van der Waals surface area contributed by atoms with Crippen molar-refractivity contribution < 1.29 is 17.6 Å². The minimum absolute atomic E-state index is 0.00926. The fraction of sp³-hybridized carbons (Fsp3) is 0.467. The van der Waals surface area contributed by atoms with E-state index in [1.807, 2.05) is 6.92 Å². The van der Waals surface area contributed by atoms with Crippen LogP contribution in [0.1, 0.15) is 48.4 Å². The lowest BCUT2D eigenvalue weighted by molar-refractivity contribution is -0.138. The molecule has 2 heterocycles. The van der Waals surface area contributed by atoms with Crippen molar-refractivity contribution in [2.45, 2.75) is 38.5 Å². The zero-order valence-electron chi connectivity index (χ0n) is 12.7. The number of benzene rings is 1. The molecule has 0 saturated heterocycles. The third-order valence-corrected chi connectivity index (χ3v) is 4.18. The van der Waals surface area contributed by atoms with Gasteiger partial charge in [-0.3, -0.25) is 0 Å². The van der Waals surface area contributed by atoms with Crippen LogP contribution in [0.25, 0.3) is 0 Å². The Morgan fingerprint density at radius 1 is 1.35 bits per heavy atom. The predicted molar refractivity (Wildman–Crippen MR) is 75.4 cm³/mol. The maximum Gasteiger partial charge on any atom is 0.416 e. The van der Waals surface area contributed by atoms with Crippen LogP contribution in [0.3, 0.4) is 0 Å². The summed E-state index contributed by atoms with van der Waals surface area (Å²) in [4.78, 5) is 0. The molecule has 0 saturated carbocycles. The Morgan fingerprint density at radius 2 is 2.09 bits per heavy atom. The van der Waals surface area contributed by atoms with Gasteiger partial charge in [0, 0.05) is 13.0 Å². The van der Waals surface area contributed by atoms with Crippen molar-refractivity contribution in [1.82, 2.24) is 20.3 Å². The van der Waals surface area contributed by atoms with Crippen molar-refractivity contribution in [1.29, 1.82) is 0 Å². The van der Waals surface area contributed by atoms with E-state index in [1.165, 1.54) is 10.7 Å². The summed E-state index contributed by atoms with van der Waals surface area (Å²) in [5.41, 5.74) is 0.578. The molecule has 1 aromatic carbocycles. The zero-order valence-corrected chi connectivity index (χ0v) is 12.7. The molecular weight excluding hydrogens is 312 g/mol. The summed E-state index contributed by atoms with van der Waals surface area (Å²) < 4.78 is 54.4. The fourth-order valence-electron chi connectivity index (χ4n) is 2.99. The van der Waals surface area contributed by atoms with Gasteiger partial charge in [0.1, 0.15) is 11.5 Å². The first-order valence-corrected chi connectivity index (χ1v) is 7.33. The van der Waals surface area contributed by atoms with Crippen LogP contribution >= 0.6 is 0 Å². The van der Waals surface area contributed by atoms with Crippen molar-refractivity contribution in [3.05, 3.63) is 46.5 Å². The number of halogens is 4. The Hall–Kier alpha value is -1.96. The third kappa shape index (κ3) is 2.83. The van der Waals surface area contributed by atoms with Gasteiger partial charge in [-0.1, -0.05) is 11.3 Å². The molecule has 1 aliphatic rings. The molecule has 1 aromatic heterocycles. The Balaban J connectivity index is 2.07. The van der Waals surface area contributed by atoms with E-state index >= 15 is 0 Å². The molecule has 0 bridgehead atoms. The molecule has 0 amide bonds. The monoisotopic (exact) mass is 328 g/mol. The van der Waals surface area contributed by atoms with Gasteiger partial charge in [0.2, 0.25) is 0 Å². The average Bonchev–Trinajstić information content (AvgIpc) is 2.91. The zero-order chi connectivity index (χ0) is 16.8. The Bertz CT molecular complexity index is 723. The van der Waals surface area contributed by atoms with Crippen LogP contribution in [-0.4, -0.2) is 21.5 Å². The summed E-state index contributed by atoms with van der Waals surface area (Å²) in [5.74, 6) is -0.910. The van der Waals surface area contributed by atoms with E-state index in [-0.39, 0.29) is 11.6 Å². The highest BCUT2D eigenvalue weighted by molar-refractivity contribution is 5.34. The van der Waals surface area contributed by atoms with E-state index in [0.29, 0.717) is 19.0 Å². The summed E-state index contributed by atoms with van der Waals surface area (Å²) in [6.07, 6.45) is -3.99. The lowest BCUT2D eigenvalue weighted by Gasteiger charge is -2.23. The lowest BCUT2D eigenvalue weighted by atomic mass is 9.99. The molecule has 0 radical (unpaired) electrons. The maximum atomic E-state index is 13.3. The predicted octanol–water partition coefficient (Wildman–Crippen LogP) is 3.25. The Kier molecular flexibility index (Phi) is 3.87. The second kappa shape index (κ2) is 5.59. The van der Waals surface area contributed by atoms with Crippen LogP contribution in [0.15, 0.2) is 18.2 Å². The molecule has 124 valence electrons. The first-order valence-electron chi connectivity index (χ1n) is 7.33. The van der Waals surface area contributed by atoms with E-state index in [1.54, 1.807) is 6.92 Å². The van der Waals surface area contributed by atoms with Gasteiger partial charge < -0.3 is 5.32 Å². The average molecular weight is 328 g/mol. The molecule has 1 unspecified atom stereocenters. The number of rotatable bonds is 2. The molecule has 0 fully saturated rings. The maximum absolute atomic E-state index is 13.3.